The molecule has 118 valence electrons. The van der Waals surface area contributed by atoms with E-state index in [0.717, 1.165) is 17.5 Å². The van der Waals surface area contributed by atoms with Crippen LogP contribution in [0.25, 0.3) is 21.5 Å². The molecule has 4 aromatic carbocycles. The lowest BCUT2D eigenvalue weighted by molar-refractivity contribution is 0.466. The zero-order valence-electron chi connectivity index (χ0n) is 14.0. The Hall–Kier alpha value is -2.80. The van der Waals surface area contributed by atoms with Gasteiger partial charge in [-0.05, 0) is 70.1 Å². The van der Waals surface area contributed by atoms with Gasteiger partial charge in [0.2, 0.25) is 0 Å². The first-order chi connectivity index (χ1) is 11.6. The minimum absolute atomic E-state index is 0.404. The van der Waals surface area contributed by atoms with Crippen molar-refractivity contribution in [2.75, 3.05) is 0 Å². The summed E-state index contributed by atoms with van der Waals surface area (Å²) < 4.78 is 0. The lowest BCUT2D eigenvalue weighted by Crippen LogP contribution is -1.94. The van der Waals surface area contributed by atoms with Crippen LogP contribution in [0.5, 0.6) is 5.75 Å². The summed E-state index contributed by atoms with van der Waals surface area (Å²) in [5, 5.41) is 15.2. The molecule has 1 N–H and O–H groups in total. The quantitative estimate of drug-likeness (QED) is 0.456. The van der Waals surface area contributed by atoms with Crippen LogP contribution >= 0.6 is 0 Å². The summed E-state index contributed by atoms with van der Waals surface area (Å²) in [6.07, 6.45) is 0.865. The molecule has 0 aromatic heterocycles. The molecule has 0 radical (unpaired) electrons. The van der Waals surface area contributed by atoms with Crippen LogP contribution in [0.4, 0.5) is 0 Å². The smallest absolute Gasteiger partial charge is 0.121 e. The third-order valence-corrected chi connectivity index (χ3v) is 4.81. The molecule has 24 heavy (non-hydrogen) atoms. The van der Waals surface area contributed by atoms with Crippen molar-refractivity contribution in [2.45, 2.75) is 20.3 Å². The molecule has 0 unspecified atom stereocenters. The Labute approximate surface area is 142 Å². The monoisotopic (exact) mass is 312 g/mol. The fourth-order valence-electron chi connectivity index (χ4n) is 3.65. The SMILES string of the molecule is Cc1cc(Cc2c3ccccc3cc3ccccc23)cc(C)c1O. The Bertz CT molecular complexity index is 983. The van der Waals surface area contributed by atoms with Gasteiger partial charge in [-0.1, -0.05) is 60.7 Å². The van der Waals surface area contributed by atoms with Gasteiger partial charge in [0, 0.05) is 0 Å². The van der Waals surface area contributed by atoms with E-state index in [4.69, 9.17) is 0 Å². The van der Waals surface area contributed by atoms with Crippen LogP contribution in [0.15, 0.2) is 66.7 Å². The lowest BCUT2D eigenvalue weighted by Gasteiger charge is -2.13. The summed E-state index contributed by atoms with van der Waals surface area (Å²) in [4.78, 5) is 0. The predicted molar refractivity (Wildman–Crippen MR) is 102 cm³/mol. The Morgan fingerprint density at radius 2 is 1.21 bits per heavy atom. The van der Waals surface area contributed by atoms with Crippen molar-refractivity contribution in [3.8, 4) is 5.75 Å². The molecule has 0 atom stereocenters. The molecule has 0 fully saturated rings. The highest BCUT2D eigenvalue weighted by molar-refractivity contribution is 6.02. The highest BCUT2D eigenvalue weighted by Crippen LogP contribution is 2.32. The van der Waals surface area contributed by atoms with Crippen molar-refractivity contribution in [3.05, 3.63) is 89.0 Å². The predicted octanol–water partition coefficient (Wildman–Crippen LogP) is 5.91. The van der Waals surface area contributed by atoms with Gasteiger partial charge in [0.05, 0.1) is 0 Å². The van der Waals surface area contributed by atoms with E-state index in [1.165, 1.54) is 32.7 Å². The second kappa shape index (κ2) is 5.68. The van der Waals surface area contributed by atoms with Crippen LogP contribution in [0.2, 0.25) is 0 Å². The van der Waals surface area contributed by atoms with E-state index in [1.807, 2.05) is 13.8 Å². The van der Waals surface area contributed by atoms with Gasteiger partial charge in [0.1, 0.15) is 5.75 Å². The highest BCUT2D eigenvalue weighted by atomic mass is 16.3. The normalized spacial score (nSPS) is 11.2. The molecular weight excluding hydrogens is 292 g/mol. The summed E-state index contributed by atoms with van der Waals surface area (Å²) in [5.41, 5.74) is 4.47. The second-order valence-corrected chi connectivity index (χ2v) is 6.55. The summed E-state index contributed by atoms with van der Waals surface area (Å²) in [7, 11) is 0. The van der Waals surface area contributed by atoms with E-state index in [2.05, 4.69) is 66.7 Å². The van der Waals surface area contributed by atoms with Crippen molar-refractivity contribution in [2.24, 2.45) is 0 Å². The standard InChI is InChI=1S/C23H20O/c1-15-11-17(12-16(2)23(15)24)13-22-20-9-5-3-7-18(20)14-19-8-4-6-10-21(19)22/h3-12,14,24H,13H2,1-2H3. The molecule has 4 aromatic rings. The maximum absolute atomic E-state index is 10.0. The van der Waals surface area contributed by atoms with Gasteiger partial charge >= 0.3 is 0 Å². The Kier molecular flexibility index (Phi) is 3.50. The minimum Gasteiger partial charge on any atom is -0.507 e. The first-order valence-electron chi connectivity index (χ1n) is 8.32. The molecule has 0 aliphatic heterocycles. The number of hydrogen-bond acceptors (Lipinski definition) is 1. The summed E-state index contributed by atoms with van der Waals surface area (Å²) >= 11 is 0. The number of hydrogen-bond donors (Lipinski definition) is 1. The molecule has 0 heterocycles. The Morgan fingerprint density at radius 3 is 1.75 bits per heavy atom. The number of phenolic OH excluding ortho intramolecular Hbond substituents is 1. The topological polar surface area (TPSA) is 20.2 Å². The largest absolute Gasteiger partial charge is 0.507 e. The average Bonchev–Trinajstić information content (AvgIpc) is 2.59. The number of aromatic hydroxyl groups is 1. The molecule has 0 amide bonds. The molecule has 1 heteroatoms. The van der Waals surface area contributed by atoms with Crippen molar-refractivity contribution >= 4 is 21.5 Å². The van der Waals surface area contributed by atoms with Gasteiger partial charge in [0.25, 0.3) is 0 Å². The van der Waals surface area contributed by atoms with E-state index < -0.39 is 0 Å². The van der Waals surface area contributed by atoms with Crippen LogP contribution < -0.4 is 0 Å². The fraction of sp³-hybridized carbons (Fsp3) is 0.130. The first kappa shape index (κ1) is 14.8. The fourth-order valence-corrected chi connectivity index (χ4v) is 3.65. The molecule has 1 nitrogen and oxygen atoms in total. The third kappa shape index (κ3) is 2.43. The maximum Gasteiger partial charge on any atom is 0.121 e. The molecule has 0 bridgehead atoms. The average molecular weight is 312 g/mol. The van der Waals surface area contributed by atoms with Crippen LogP contribution in [0.3, 0.4) is 0 Å². The van der Waals surface area contributed by atoms with Gasteiger partial charge in [-0.3, -0.25) is 0 Å². The highest BCUT2D eigenvalue weighted by Gasteiger charge is 2.10. The molecule has 0 aliphatic carbocycles. The van der Waals surface area contributed by atoms with E-state index in [1.54, 1.807) is 0 Å². The molecule has 4 rings (SSSR count). The van der Waals surface area contributed by atoms with Gasteiger partial charge in [-0.2, -0.15) is 0 Å². The van der Waals surface area contributed by atoms with Crippen LogP contribution in [0, 0.1) is 13.8 Å². The molecule has 0 saturated heterocycles. The van der Waals surface area contributed by atoms with E-state index >= 15 is 0 Å². The molecular formula is C23H20O. The summed E-state index contributed by atoms with van der Waals surface area (Å²) in [6, 6.07) is 23.6. The first-order valence-corrected chi connectivity index (χ1v) is 8.32. The molecule has 0 saturated carbocycles. The Morgan fingerprint density at radius 1 is 0.708 bits per heavy atom. The van der Waals surface area contributed by atoms with Crippen molar-refractivity contribution in [1.82, 2.24) is 0 Å². The van der Waals surface area contributed by atoms with Crippen molar-refractivity contribution in [1.29, 1.82) is 0 Å². The number of aryl methyl sites for hydroxylation is 2. The maximum atomic E-state index is 10.0. The van der Waals surface area contributed by atoms with Crippen molar-refractivity contribution < 1.29 is 5.11 Å². The number of benzene rings is 4. The zero-order valence-corrected chi connectivity index (χ0v) is 14.0. The van der Waals surface area contributed by atoms with Crippen LogP contribution in [-0.2, 0) is 6.42 Å². The van der Waals surface area contributed by atoms with Gasteiger partial charge < -0.3 is 5.11 Å². The number of fused-ring (bicyclic) bond motifs is 2. The van der Waals surface area contributed by atoms with Crippen LogP contribution in [0.1, 0.15) is 22.3 Å². The van der Waals surface area contributed by atoms with Gasteiger partial charge in [-0.25, -0.2) is 0 Å². The zero-order chi connectivity index (χ0) is 16.7. The van der Waals surface area contributed by atoms with Gasteiger partial charge in [-0.15, -0.1) is 0 Å². The molecule has 0 spiro atoms. The second-order valence-electron chi connectivity index (χ2n) is 6.55. The van der Waals surface area contributed by atoms with Crippen molar-refractivity contribution in [3.63, 3.8) is 0 Å². The number of phenols is 1. The lowest BCUT2D eigenvalue weighted by atomic mass is 9.91. The Balaban J connectivity index is 1.97. The van der Waals surface area contributed by atoms with Gasteiger partial charge in [0.15, 0.2) is 0 Å². The summed E-state index contributed by atoms with van der Waals surface area (Å²) in [6.45, 7) is 3.93. The van der Waals surface area contributed by atoms with E-state index in [0.29, 0.717) is 5.75 Å². The summed E-state index contributed by atoms with van der Waals surface area (Å²) in [5.74, 6) is 0.404. The van der Waals surface area contributed by atoms with E-state index in [-0.39, 0.29) is 0 Å². The van der Waals surface area contributed by atoms with Crippen LogP contribution in [-0.4, -0.2) is 5.11 Å². The number of rotatable bonds is 2. The molecule has 0 aliphatic rings. The minimum atomic E-state index is 0.404. The van der Waals surface area contributed by atoms with E-state index in [9.17, 15) is 5.11 Å². The third-order valence-electron chi connectivity index (χ3n) is 4.81.